The summed E-state index contributed by atoms with van der Waals surface area (Å²) in [5.41, 5.74) is 2.06. The molecule has 1 aromatic heterocycles. The molecular weight excluding hydrogens is 312 g/mol. The van der Waals surface area contributed by atoms with Crippen molar-refractivity contribution >= 4 is 22.5 Å². The van der Waals surface area contributed by atoms with Crippen molar-refractivity contribution in [3.8, 4) is 5.75 Å². The predicted molar refractivity (Wildman–Crippen MR) is 96.5 cm³/mol. The van der Waals surface area contributed by atoms with Crippen LogP contribution in [0, 0.1) is 6.92 Å². The maximum Gasteiger partial charge on any atom is 0.195 e. The van der Waals surface area contributed by atoms with E-state index in [-0.39, 0.29) is 5.43 Å². The molecule has 122 valence electrons. The molecule has 5 heteroatoms. The number of halogens is 1. The molecule has 4 nitrogen and oxygen atoms in total. The van der Waals surface area contributed by atoms with Gasteiger partial charge in [0.2, 0.25) is 0 Å². The van der Waals surface area contributed by atoms with Crippen LogP contribution in [0.25, 0.3) is 10.9 Å². The van der Waals surface area contributed by atoms with E-state index in [1.54, 1.807) is 19.2 Å². The van der Waals surface area contributed by atoms with E-state index in [4.69, 9.17) is 16.3 Å². The maximum absolute atomic E-state index is 12.9. The van der Waals surface area contributed by atoms with Gasteiger partial charge in [0.1, 0.15) is 5.75 Å². The number of nitrogens with zero attached hydrogens (tertiary/aromatic N) is 1. The van der Waals surface area contributed by atoms with Crippen molar-refractivity contribution in [3.05, 3.63) is 63.9 Å². The summed E-state index contributed by atoms with van der Waals surface area (Å²) in [6, 6.07) is 3.43. The molecular formula is C18H21ClN2O2. The van der Waals surface area contributed by atoms with Crippen molar-refractivity contribution in [1.82, 2.24) is 9.88 Å². The molecule has 0 aliphatic carbocycles. The van der Waals surface area contributed by atoms with Crippen molar-refractivity contribution in [1.29, 1.82) is 0 Å². The van der Waals surface area contributed by atoms with Gasteiger partial charge in [-0.05, 0) is 19.1 Å². The zero-order chi connectivity index (χ0) is 17.0. The van der Waals surface area contributed by atoms with Crippen LogP contribution in [-0.4, -0.2) is 30.1 Å². The van der Waals surface area contributed by atoms with Crippen LogP contribution in [0.1, 0.15) is 11.3 Å². The molecule has 23 heavy (non-hydrogen) atoms. The molecule has 0 amide bonds. The molecule has 0 aliphatic heterocycles. The Morgan fingerprint density at radius 1 is 1.30 bits per heavy atom. The number of methoxy groups -OCH3 is 1. The Bertz CT molecular complexity index is 786. The van der Waals surface area contributed by atoms with Gasteiger partial charge in [-0.1, -0.05) is 23.8 Å². The topological polar surface area (TPSA) is 45.3 Å². The van der Waals surface area contributed by atoms with E-state index in [1.807, 2.05) is 19.1 Å². The Morgan fingerprint density at radius 2 is 1.96 bits per heavy atom. The summed E-state index contributed by atoms with van der Waals surface area (Å²) in [5, 5.41) is 0.881. The third kappa shape index (κ3) is 3.49. The molecule has 0 radical (unpaired) electrons. The van der Waals surface area contributed by atoms with E-state index in [0.717, 1.165) is 5.69 Å². The molecule has 0 atom stereocenters. The lowest BCUT2D eigenvalue weighted by Crippen LogP contribution is -2.28. The number of benzene rings is 1. The average molecular weight is 333 g/mol. The Morgan fingerprint density at radius 3 is 2.52 bits per heavy atom. The van der Waals surface area contributed by atoms with Crippen LogP contribution in [0.3, 0.4) is 0 Å². The summed E-state index contributed by atoms with van der Waals surface area (Å²) < 4.78 is 5.32. The third-order valence-electron chi connectivity index (χ3n) is 3.76. The lowest BCUT2D eigenvalue weighted by molar-refractivity contribution is 0.326. The van der Waals surface area contributed by atoms with Gasteiger partial charge in [-0.15, -0.1) is 13.2 Å². The van der Waals surface area contributed by atoms with Crippen LogP contribution in [-0.2, 0) is 6.54 Å². The van der Waals surface area contributed by atoms with E-state index in [9.17, 15) is 4.79 Å². The normalized spacial score (nSPS) is 11.0. The number of ether oxygens (including phenoxy) is 1. The Labute approximate surface area is 141 Å². The van der Waals surface area contributed by atoms with Crippen LogP contribution in [0.4, 0.5) is 0 Å². The van der Waals surface area contributed by atoms with Crippen molar-refractivity contribution in [2.45, 2.75) is 13.5 Å². The number of hydrogen-bond acceptors (Lipinski definition) is 3. The number of aryl methyl sites for hydroxylation is 1. The fourth-order valence-corrected chi connectivity index (χ4v) is 2.88. The molecule has 0 saturated carbocycles. The Kier molecular flexibility index (Phi) is 5.64. The van der Waals surface area contributed by atoms with Crippen molar-refractivity contribution in [2.24, 2.45) is 0 Å². The van der Waals surface area contributed by atoms with Gasteiger partial charge < -0.3 is 9.72 Å². The summed E-state index contributed by atoms with van der Waals surface area (Å²) in [6.45, 7) is 11.3. The second-order valence-electron chi connectivity index (χ2n) is 5.33. The van der Waals surface area contributed by atoms with Crippen molar-refractivity contribution in [3.63, 3.8) is 0 Å². The van der Waals surface area contributed by atoms with Gasteiger partial charge in [-0.3, -0.25) is 9.69 Å². The van der Waals surface area contributed by atoms with Gasteiger partial charge >= 0.3 is 0 Å². The Hall–Kier alpha value is -2.04. The zero-order valence-corrected chi connectivity index (χ0v) is 14.2. The number of pyridine rings is 1. The molecule has 0 unspecified atom stereocenters. The van der Waals surface area contributed by atoms with Gasteiger partial charge in [-0.25, -0.2) is 0 Å². The lowest BCUT2D eigenvalue weighted by Gasteiger charge is -2.20. The fraction of sp³-hybridized carbons (Fsp3) is 0.278. The highest BCUT2D eigenvalue weighted by molar-refractivity contribution is 6.35. The first-order chi connectivity index (χ1) is 11.0. The summed E-state index contributed by atoms with van der Waals surface area (Å²) in [7, 11) is 1.57. The molecule has 2 rings (SSSR count). The molecule has 1 N–H and O–H groups in total. The van der Waals surface area contributed by atoms with Crippen molar-refractivity contribution in [2.75, 3.05) is 20.2 Å². The summed E-state index contributed by atoms with van der Waals surface area (Å²) in [6.07, 6.45) is 3.62. The standard InChI is InChI=1S/C18H21ClN2O2/c1-5-9-21(10-6-2)11-13-12(3)20-17-15(23-4)8-7-14(19)16(17)18(13)22/h5-8H,1-2,9-11H2,3-4H3,(H,20,22). The van der Waals surface area contributed by atoms with E-state index < -0.39 is 0 Å². The number of H-pyrrole nitrogens is 1. The van der Waals surface area contributed by atoms with Gasteiger partial charge in [0.15, 0.2) is 5.43 Å². The van der Waals surface area contributed by atoms with Gasteiger partial charge in [0.25, 0.3) is 0 Å². The van der Waals surface area contributed by atoms with Crippen LogP contribution in [0.5, 0.6) is 5.75 Å². The molecule has 0 aliphatic rings. The highest BCUT2D eigenvalue weighted by Crippen LogP contribution is 2.28. The van der Waals surface area contributed by atoms with E-state index >= 15 is 0 Å². The second-order valence-corrected chi connectivity index (χ2v) is 5.74. The predicted octanol–water partition coefficient (Wildman–Crippen LogP) is 3.67. The summed E-state index contributed by atoms with van der Waals surface area (Å²) in [5.74, 6) is 0.602. The SMILES string of the molecule is C=CCN(CC=C)Cc1c(C)[nH]c2c(OC)ccc(Cl)c2c1=O. The monoisotopic (exact) mass is 332 g/mol. The maximum atomic E-state index is 12.9. The van der Waals surface area contributed by atoms with Crippen LogP contribution in [0.15, 0.2) is 42.2 Å². The first-order valence-electron chi connectivity index (χ1n) is 7.35. The van der Waals surface area contributed by atoms with E-state index in [2.05, 4.69) is 23.0 Å². The smallest absolute Gasteiger partial charge is 0.195 e. The van der Waals surface area contributed by atoms with E-state index in [1.165, 1.54) is 0 Å². The zero-order valence-electron chi connectivity index (χ0n) is 13.5. The van der Waals surface area contributed by atoms with Gasteiger partial charge in [0, 0.05) is 30.9 Å². The molecule has 0 spiro atoms. The summed E-state index contributed by atoms with van der Waals surface area (Å²) in [4.78, 5) is 18.3. The minimum Gasteiger partial charge on any atom is -0.495 e. The average Bonchev–Trinajstić information content (AvgIpc) is 2.51. The van der Waals surface area contributed by atoms with Crippen LogP contribution in [0.2, 0.25) is 5.02 Å². The number of fused-ring (bicyclic) bond motifs is 1. The van der Waals surface area contributed by atoms with Crippen LogP contribution < -0.4 is 10.2 Å². The van der Waals surface area contributed by atoms with Gasteiger partial charge in [0.05, 0.1) is 23.0 Å². The fourth-order valence-electron chi connectivity index (χ4n) is 2.64. The number of nitrogens with one attached hydrogen (secondary N) is 1. The molecule has 0 saturated heterocycles. The first-order valence-corrected chi connectivity index (χ1v) is 7.73. The molecule has 0 fully saturated rings. The first kappa shape index (κ1) is 17.3. The molecule has 1 heterocycles. The molecule has 0 bridgehead atoms. The van der Waals surface area contributed by atoms with Crippen LogP contribution >= 0.6 is 11.6 Å². The van der Waals surface area contributed by atoms with E-state index in [0.29, 0.717) is 46.9 Å². The lowest BCUT2D eigenvalue weighted by atomic mass is 10.1. The second kappa shape index (κ2) is 7.49. The highest BCUT2D eigenvalue weighted by Gasteiger charge is 2.16. The quantitative estimate of drug-likeness (QED) is 0.787. The Balaban J connectivity index is 2.61. The minimum absolute atomic E-state index is 0.0710. The largest absolute Gasteiger partial charge is 0.495 e. The molecule has 2 aromatic rings. The third-order valence-corrected chi connectivity index (χ3v) is 4.07. The minimum atomic E-state index is -0.0710. The molecule has 1 aromatic carbocycles. The number of hydrogen-bond donors (Lipinski definition) is 1. The number of rotatable bonds is 7. The summed E-state index contributed by atoms with van der Waals surface area (Å²) >= 11 is 6.25. The van der Waals surface area contributed by atoms with Crippen molar-refractivity contribution < 1.29 is 4.74 Å². The number of aromatic amines is 1. The van der Waals surface area contributed by atoms with Gasteiger partial charge in [-0.2, -0.15) is 0 Å². The number of aromatic nitrogens is 1. The highest BCUT2D eigenvalue weighted by atomic mass is 35.5.